The minimum Gasteiger partial charge on any atom is -0.387 e. The van der Waals surface area contributed by atoms with Crippen molar-refractivity contribution in [3.05, 3.63) is 35.4 Å². The van der Waals surface area contributed by atoms with Crippen LogP contribution in [0.4, 0.5) is 0 Å². The van der Waals surface area contributed by atoms with Gasteiger partial charge in [0, 0.05) is 19.6 Å². The summed E-state index contributed by atoms with van der Waals surface area (Å²) in [6, 6.07) is 9.81. The van der Waals surface area contributed by atoms with Gasteiger partial charge in [0.05, 0.1) is 31.8 Å². The second-order valence-electron chi connectivity index (χ2n) is 4.51. The molecule has 1 aliphatic heterocycles. The summed E-state index contributed by atoms with van der Waals surface area (Å²) in [7, 11) is 0. The smallest absolute Gasteiger partial charge is 0.0919 e. The molecule has 1 saturated heterocycles. The lowest BCUT2D eigenvalue weighted by Crippen LogP contribution is -2.35. The third-order valence-electron chi connectivity index (χ3n) is 3.16. The van der Waals surface area contributed by atoms with Crippen LogP contribution in [0.15, 0.2) is 24.3 Å². The zero-order valence-electron chi connectivity index (χ0n) is 10.4. The number of benzene rings is 1. The van der Waals surface area contributed by atoms with Crippen molar-refractivity contribution in [2.45, 2.75) is 19.1 Å². The molecule has 1 aromatic carbocycles. The van der Waals surface area contributed by atoms with Gasteiger partial charge in [-0.2, -0.15) is 5.26 Å². The summed E-state index contributed by atoms with van der Waals surface area (Å²) in [4.78, 5) is 2.35. The van der Waals surface area contributed by atoms with E-state index in [1.165, 1.54) is 5.56 Å². The first-order valence-electron chi connectivity index (χ1n) is 6.23. The molecule has 1 N–H and O–H groups in total. The Morgan fingerprint density at radius 3 is 2.56 bits per heavy atom. The van der Waals surface area contributed by atoms with Crippen LogP contribution < -0.4 is 0 Å². The number of nitrogens with zero attached hydrogens (tertiary/aromatic N) is 2. The minimum atomic E-state index is -0.674. The molecule has 1 heterocycles. The van der Waals surface area contributed by atoms with Gasteiger partial charge in [0.1, 0.15) is 0 Å². The Bertz CT molecular complexity index is 405. The Hall–Kier alpha value is -1.41. The van der Waals surface area contributed by atoms with Crippen molar-refractivity contribution in [1.82, 2.24) is 4.90 Å². The first kappa shape index (κ1) is 13.0. The van der Waals surface area contributed by atoms with E-state index >= 15 is 0 Å². The molecule has 0 saturated carbocycles. The molecule has 4 nitrogen and oxygen atoms in total. The molecule has 0 aliphatic carbocycles. The van der Waals surface area contributed by atoms with Gasteiger partial charge in [0.15, 0.2) is 0 Å². The van der Waals surface area contributed by atoms with E-state index in [4.69, 9.17) is 10.00 Å². The fraction of sp³-hybridized carbons (Fsp3) is 0.500. The second-order valence-corrected chi connectivity index (χ2v) is 4.51. The molecule has 0 aromatic heterocycles. The number of nitriles is 1. The predicted octanol–water partition coefficient (Wildman–Crippen LogP) is 1.47. The fourth-order valence-corrected chi connectivity index (χ4v) is 2.07. The summed E-state index contributed by atoms with van der Waals surface area (Å²) in [6.45, 7) is 4.47. The van der Waals surface area contributed by atoms with E-state index in [9.17, 15) is 5.11 Å². The topological polar surface area (TPSA) is 56.5 Å². The maximum absolute atomic E-state index is 9.68. The summed E-state index contributed by atoms with van der Waals surface area (Å²) >= 11 is 0. The van der Waals surface area contributed by atoms with Gasteiger partial charge < -0.3 is 9.84 Å². The van der Waals surface area contributed by atoms with Gasteiger partial charge in [-0.3, -0.25) is 4.90 Å². The van der Waals surface area contributed by atoms with Gasteiger partial charge >= 0.3 is 0 Å². The zero-order valence-corrected chi connectivity index (χ0v) is 10.4. The number of aliphatic hydroxyl groups excluding tert-OH is 1. The number of morpholine rings is 1. The Kier molecular flexibility index (Phi) is 4.71. The molecule has 96 valence electrons. The fourth-order valence-electron chi connectivity index (χ4n) is 2.07. The van der Waals surface area contributed by atoms with Crippen molar-refractivity contribution in [2.75, 3.05) is 26.3 Å². The van der Waals surface area contributed by atoms with E-state index in [0.29, 0.717) is 0 Å². The van der Waals surface area contributed by atoms with Gasteiger partial charge in [-0.1, -0.05) is 24.3 Å². The van der Waals surface area contributed by atoms with E-state index in [-0.39, 0.29) is 6.42 Å². The molecule has 0 spiro atoms. The molecule has 1 fully saturated rings. The number of hydrogen-bond donors (Lipinski definition) is 1. The number of ether oxygens (including phenoxy) is 1. The third kappa shape index (κ3) is 3.54. The first-order chi connectivity index (χ1) is 8.79. The van der Waals surface area contributed by atoms with Crippen LogP contribution in [0.3, 0.4) is 0 Å². The molecule has 0 radical (unpaired) electrons. The summed E-state index contributed by atoms with van der Waals surface area (Å²) in [5.74, 6) is 0. The van der Waals surface area contributed by atoms with Crippen molar-refractivity contribution >= 4 is 0 Å². The monoisotopic (exact) mass is 246 g/mol. The lowest BCUT2D eigenvalue weighted by Gasteiger charge is -2.26. The van der Waals surface area contributed by atoms with Crippen molar-refractivity contribution in [1.29, 1.82) is 5.26 Å². The molecule has 1 aliphatic rings. The highest BCUT2D eigenvalue weighted by Crippen LogP contribution is 2.17. The molecule has 4 heteroatoms. The van der Waals surface area contributed by atoms with Gasteiger partial charge in [-0.25, -0.2) is 0 Å². The molecule has 1 atom stereocenters. The number of aliphatic hydroxyl groups is 1. The van der Waals surface area contributed by atoms with Crippen molar-refractivity contribution in [3.8, 4) is 6.07 Å². The lowest BCUT2D eigenvalue weighted by atomic mass is 10.0. The van der Waals surface area contributed by atoms with Crippen LogP contribution in [0.1, 0.15) is 23.7 Å². The van der Waals surface area contributed by atoms with Crippen molar-refractivity contribution in [3.63, 3.8) is 0 Å². The Labute approximate surface area is 107 Å². The molecule has 1 unspecified atom stereocenters. The molecule has 1 aromatic rings. The van der Waals surface area contributed by atoms with Crippen LogP contribution >= 0.6 is 0 Å². The van der Waals surface area contributed by atoms with Crippen molar-refractivity contribution < 1.29 is 9.84 Å². The normalized spacial score (nSPS) is 18.2. The molecular weight excluding hydrogens is 228 g/mol. The van der Waals surface area contributed by atoms with E-state index < -0.39 is 6.10 Å². The first-order valence-corrected chi connectivity index (χ1v) is 6.23. The SMILES string of the molecule is N#CCC(O)c1ccc(CN2CCOCC2)cc1. The molecule has 18 heavy (non-hydrogen) atoms. The van der Waals surface area contributed by atoms with Gasteiger partial charge in [0.2, 0.25) is 0 Å². The highest BCUT2D eigenvalue weighted by atomic mass is 16.5. The maximum Gasteiger partial charge on any atom is 0.0919 e. The summed E-state index contributed by atoms with van der Waals surface area (Å²) < 4.78 is 5.31. The summed E-state index contributed by atoms with van der Waals surface area (Å²) in [5.41, 5.74) is 2.03. The number of hydrogen-bond acceptors (Lipinski definition) is 4. The Morgan fingerprint density at radius 2 is 1.94 bits per heavy atom. The zero-order chi connectivity index (χ0) is 12.8. The van der Waals surface area contributed by atoms with Gasteiger partial charge in [0.25, 0.3) is 0 Å². The van der Waals surface area contributed by atoms with E-state index in [1.807, 2.05) is 30.3 Å². The molecule has 0 amide bonds. The highest BCUT2D eigenvalue weighted by molar-refractivity contribution is 5.24. The summed E-state index contributed by atoms with van der Waals surface area (Å²) in [5, 5.41) is 18.2. The van der Waals surface area contributed by atoms with Crippen LogP contribution in [0.25, 0.3) is 0 Å². The highest BCUT2D eigenvalue weighted by Gasteiger charge is 2.11. The molecule has 0 bridgehead atoms. The Morgan fingerprint density at radius 1 is 1.28 bits per heavy atom. The molecule has 2 rings (SSSR count). The van der Waals surface area contributed by atoms with Crippen molar-refractivity contribution in [2.24, 2.45) is 0 Å². The average molecular weight is 246 g/mol. The summed E-state index contributed by atoms with van der Waals surface area (Å²) in [6.07, 6.45) is -0.532. The largest absolute Gasteiger partial charge is 0.387 e. The standard InChI is InChI=1S/C14H18N2O2/c15-6-5-14(17)13-3-1-12(2-4-13)11-16-7-9-18-10-8-16/h1-4,14,17H,5,7-11H2. The third-order valence-corrected chi connectivity index (χ3v) is 3.16. The van der Waals surface area contributed by atoms with Crippen LogP contribution in [0.2, 0.25) is 0 Å². The van der Waals surface area contributed by atoms with Crippen LogP contribution in [-0.4, -0.2) is 36.3 Å². The Balaban J connectivity index is 1.92. The van der Waals surface area contributed by atoms with E-state index in [2.05, 4.69) is 4.90 Å². The minimum absolute atomic E-state index is 0.142. The second kappa shape index (κ2) is 6.50. The predicted molar refractivity (Wildman–Crippen MR) is 67.7 cm³/mol. The maximum atomic E-state index is 9.68. The molecular formula is C14H18N2O2. The quantitative estimate of drug-likeness (QED) is 0.874. The van der Waals surface area contributed by atoms with Gasteiger partial charge in [-0.05, 0) is 11.1 Å². The average Bonchev–Trinajstić information content (AvgIpc) is 2.41. The van der Waals surface area contributed by atoms with Crippen LogP contribution in [0.5, 0.6) is 0 Å². The van der Waals surface area contributed by atoms with E-state index in [1.54, 1.807) is 0 Å². The van der Waals surface area contributed by atoms with Gasteiger partial charge in [-0.15, -0.1) is 0 Å². The van der Waals surface area contributed by atoms with Crippen LogP contribution in [-0.2, 0) is 11.3 Å². The van der Waals surface area contributed by atoms with E-state index in [0.717, 1.165) is 38.4 Å². The lowest BCUT2D eigenvalue weighted by molar-refractivity contribution is 0.0342. The number of rotatable bonds is 4. The van der Waals surface area contributed by atoms with Crippen LogP contribution in [0, 0.1) is 11.3 Å².